The molecular weight excluding hydrogens is 276 g/mol. The minimum Gasteiger partial charge on any atom is -0.366 e. The lowest BCUT2D eigenvalue weighted by atomic mass is 9.82. The highest BCUT2D eigenvalue weighted by molar-refractivity contribution is 6.05. The molecule has 0 saturated carbocycles. The maximum atomic E-state index is 11.7. The van der Waals surface area contributed by atoms with Gasteiger partial charge in [-0.05, 0) is 44.9 Å². The molecule has 2 aromatic heterocycles. The molecular formula is C17H22N4O. The molecule has 2 N–H and O–H groups in total. The molecule has 22 heavy (non-hydrogen) atoms. The number of primary amides is 1. The third-order valence-electron chi connectivity index (χ3n) is 5.56. The van der Waals surface area contributed by atoms with Gasteiger partial charge in [0.05, 0.1) is 5.56 Å². The zero-order valence-corrected chi connectivity index (χ0v) is 12.9. The molecule has 2 saturated heterocycles. The highest BCUT2D eigenvalue weighted by Gasteiger charge is 2.37. The first kappa shape index (κ1) is 13.8. The highest BCUT2D eigenvalue weighted by atomic mass is 16.1. The Morgan fingerprint density at radius 3 is 2.68 bits per heavy atom. The Kier molecular flexibility index (Phi) is 3.18. The molecule has 2 unspecified atom stereocenters. The summed E-state index contributed by atoms with van der Waals surface area (Å²) in [7, 11) is 2.26. The van der Waals surface area contributed by atoms with Gasteiger partial charge in [0.15, 0.2) is 0 Å². The molecule has 0 aliphatic carbocycles. The van der Waals surface area contributed by atoms with Crippen LogP contribution in [0.5, 0.6) is 0 Å². The van der Waals surface area contributed by atoms with E-state index in [-0.39, 0.29) is 5.91 Å². The summed E-state index contributed by atoms with van der Waals surface area (Å²) in [6.45, 7) is 0. The number of aromatic nitrogens is 2. The second-order valence-corrected chi connectivity index (χ2v) is 6.72. The van der Waals surface area contributed by atoms with E-state index in [4.69, 9.17) is 5.73 Å². The summed E-state index contributed by atoms with van der Waals surface area (Å²) in [6, 6.07) is 5.51. The molecule has 0 radical (unpaired) electrons. The Hall–Kier alpha value is -1.88. The number of fused-ring (bicyclic) bond motifs is 3. The minimum atomic E-state index is -0.370. The van der Waals surface area contributed by atoms with Gasteiger partial charge in [-0.1, -0.05) is 6.42 Å². The summed E-state index contributed by atoms with van der Waals surface area (Å²) in [5, 5.41) is 0.874. The van der Waals surface area contributed by atoms with E-state index in [0.717, 1.165) is 23.9 Å². The number of carbonyl (C=O) groups excluding carboxylic acids is 1. The summed E-state index contributed by atoms with van der Waals surface area (Å²) in [5.74, 6) is -0.370. The van der Waals surface area contributed by atoms with Crippen molar-refractivity contribution in [1.29, 1.82) is 0 Å². The van der Waals surface area contributed by atoms with Gasteiger partial charge in [0.2, 0.25) is 0 Å². The zero-order chi connectivity index (χ0) is 15.3. The quantitative estimate of drug-likeness (QED) is 0.925. The zero-order valence-electron chi connectivity index (χ0n) is 12.9. The molecule has 2 atom stereocenters. The number of rotatable bonds is 2. The Labute approximate surface area is 130 Å². The number of pyridine rings is 1. The first-order chi connectivity index (χ1) is 10.6. The molecule has 0 spiro atoms. The van der Waals surface area contributed by atoms with Crippen LogP contribution < -0.4 is 5.73 Å². The fourth-order valence-corrected chi connectivity index (χ4v) is 4.37. The Morgan fingerprint density at radius 1 is 1.27 bits per heavy atom. The lowest BCUT2D eigenvalue weighted by molar-refractivity contribution is 0.0409. The highest BCUT2D eigenvalue weighted by Crippen LogP contribution is 2.39. The fraction of sp³-hybridized carbons (Fsp3) is 0.529. The summed E-state index contributed by atoms with van der Waals surface area (Å²) in [5.41, 5.74) is 7.03. The van der Waals surface area contributed by atoms with Crippen molar-refractivity contribution in [2.75, 3.05) is 7.05 Å². The number of nitrogens with two attached hydrogens (primary N) is 1. The van der Waals surface area contributed by atoms with E-state index in [1.54, 1.807) is 6.20 Å². The van der Waals surface area contributed by atoms with E-state index in [1.165, 1.54) is 19.3 Å². The maximum absolute atomic E-state index is 11.7. The average molecular weight is 298 g/mol. The van der Waals surface area contributed by atoms with Crippen molar-refractivity contribution in [3.05, 3.63) is 30.1 Å². The van der Waals surface area contributed by atoms with Crippen LogP contribution in [-0.4, -0.2) is 39.5 Å². The lowest BCUT2D eigenvalue weighted by Gasteiger charge is -2.47. The number of hydrogen-bond donors (Lipinski definition) is 1. The van der Waals surface area contributed by atoms with E-state index in [9.17, 15) is 4.79 Å². The van der Waals surface area contributed by atoms with E-state index in [1.807, 2.05) is 18.3 Å². The summed E-state index contributed by atoms with van der Waals surface area (Å²) in [6.07, 6.45) is 9.86. The van der Waals surface area contributed by atoms with Crippen molar-refractivity contribution in [1.82, 2.24) is 14.5 Å². The predicted octanol–water partition coefficient (Wildman–Crippen LogP) is 2.32. The van der Waals surface area contributed by atoms with Crippen molar-refractivity contribution in [3.63, 3.8) is 0 Å². The van der Waals surface area contributed by atoms with Gasteiger partial charge < -0.3 is 15.2 Å². The first-order valence-corrected chi connectivity index (χ1v) is 8.12. The SMILES string of the molecule is CN1C2CCCC1CC(n1cc(C(N)=O)c3cccnc31)C2. The number of nitrogens with zero attached hydrogens (tertiary/aromatic N) is 3. The maximum Gasteiger partial charge on any atom is 0.250 e. The summed E-state index contributed by atoms with van der Waals surface area (Å²) >= 11 is 0. The van der Waals surface area contributed by atoms with Gasteiger partial charge in [0, 0.05) is 35.9 Å². The molecule has 5 nitrogen and oxygen atoms in total. The van der Waals surface area contributed by atoms with Crippen LogP contribution in [0.2, 0.25) is 0 Å². The van der Waals surface area contributed by atoms with Crippen LogP contribution >= 0.6 is 0 Å². The van der Waals surface area contributed by atoms with Gasteiger partial charge in [-0.2, -0.15) is 0 Å². The molecule has 2 aliphatic rings. The Balaban J connectivity index is 1.77. The van der Waals surface area contributed by atoms with Gasteiger partial charge in [0.25, 0.3) is 5.91 Å². The fourth-order valence-electron chi connectivity index (χ4n) is 4.37. The van der Waals surface area contributed by atoms with Crippen LogP contribution in [0.3, 0.4) is 0 Å². The molecule has 2 bridgehead atoms. The van der Waals surface area contributed by atoms with Gasteiger partial charge in [0.1, 0.15) is 5.65 Å². The third kappa shape index (κ3) is 2.03. The van der Waals surface area contributed by atoms with E-state index >= 15 is 0 Å². The molecule has 2 aromatic rings. The summed E-state index contributed by atoms with van der Waals surface area (Å²) in [4.78, 5) is 18.8. The van der Waals surface area contributed by atoms with Crippen molar-refractivity contribution in [2.45, 2.75) is 50.2 Å². The van der Waals surface area contributed by atoms with Crippen LogP contribution in [0.4, 0.5) is 0 Å². The normalized spacial score (nSPS) is 28.9. The van der Waals surface area contributed by atoms with E-state index < -0.39 is 0 Å². The molecule has 5 heteroatoms. The van der Waals surface area contributed by atoms with Crippen molar-refractivity contribution < 1.29 is 4.79 Å². The molecule has 0 aromatic carbocycles. The monoisotopic (exact) mass is 298 g/mol. The van der Waals surface area contributed by atoms with E-state index in [0.29, 0.717) is 23.7 Å². The molecule has 4 heterocycles. The largest absolute Gasteiger partial charge is 0.366 e. The van der Waals surface area contributed by atoms with Crippen LogP contribution in [0, 0.1) is 0 Å². The first-order valence-electron chi connectivity index (χ1n) is 8.12. The number of piperidine rings is 2. The Bertz CT molecular complexity index is 709. The topological polar surface area (TPSA) is 64.2 Å². The van der Waals surface area contributed by atoms with Gasteiger partial charge in [-0.25, -0.2) is 4.98 Å². The molecule has 116 valence electrons. The van der Waals surface area contributed by atoms with Crippen LogP contribution in [0.15, 0.2) is 24.5 Å². The van der Waals surface area contributed by atoms with Crippen molar-refractivity contribution >= 4 is 16.9 Å². The third-order valence-corrected chi connectivity index (χ3v) is 5.56. The summed E-state index contributed by atoms with van der Waals surface area (Å²) < 4.78 is 2.20. The number of hydrogen-bond acceptors (Lipinski definition) is 3. The Morgan fingerprint density at radius 2 is 2.00 bits per heavy atom. The predicted molar refractivity (Wildman–Crippen MR) is 85.7 cm³/mol. The molecule has 2 fully saturated rings. The number of amides is 1. The number of carbonyl (C=O) groups is 1. The molecule has 2 aliphatic heterocycles. The van der Waals surface area contributed by atoms with Gasteiger partial charge >= 0.3 is 0 Å². The van der Waals surface area contributed by atoms with Gasteiger partial charge in [-0.15, -0.1) is 0 Å². The lowest BCUT2D eigenvalue weighted by Crippen LogP contribution is -2.49. The second-order valence-electron chi connectivity index (χ2n) is 6.72. The van der Waals surface area contributed by atoms with Crippen LogP contribution in [-0.2, 0) is 0 Å². The molecule has 4 rings (SSSR count). The molecule has 1 amide bonds. The van der Waals surface area contributed by atoms with Crippen molar-refractivity contribution in [2.24, 2.45) is 5.73 Å². The van der Waals surface area contributed by atoms with Crippen LogP contribution in [0.1, 0.15) is 48.5 Å². The van der Waals surface area contributed by atoms with Crippen molar-refractivity contribution in [3.8, 4) is 0 Å². The minimum absolute atomic E-state index is 0.370. The second kappa shape index (κ2) is 5.09. The van der Waals surface area contributed by atoms with E-state index in [2.05, 4.69) is 21.5 Å². The smallest absolute Gasteiger partial charge is 0.250 e. The average Bonchev–Trinajstić information content (AvgIpc) is 2.87. The standard InChI is InChI=1S/C17H22N4O/c1-20-11-4-2-5-12(20)9-13(8-11)21-10-15(16(18)22)14-6-3-7-19-17(14)21/h3,6-7,10-13H,2,4-5,8-9H2,1H3,(H2,18,22). The van der Waals surface area contributed by atoms with Gasteiger partial charge in [-0.3, -0.25) is 4.79 Å². The van der Waals surface area contributed by atoms with Crippen LogP contribution in [0.25, 0.3) is 11.0 Å².